The van der Waals surface area contributed by atoms with Crippen LogP contribution in [-0.4, -0.2) is 4.57 Å². The third-order valence-electron chi connectivity index (χ3n) is 17.0. The number of aromatic nitrogens is 1. The first-order chi connectivity index (χ1) is 39.2. The molecule has 79 heavy (non-hydrogen) atoms. The lowest BCUT2D eigenvalue weighted by atomic mass is 9.81. The molecule has 0 amide bonds. The van der Waals surface area contributed by atoms with Crippen molar-refractivity contribution in [1.29, 1.82) is 0 Å². The number of hydrogen-bond acceptors (Lipinski definition) is 0. The summed E-state index contributed by atoms with van der Waals surface area (Å²) in [5, 5.41) is 16.3. The van der Waals surface area contributed by atoms with Gasteiger partial charge in [0.15, 0.2) is 0 Å². The number of hydrogen-bond donors (Lipinski definition) is 0. The first-order valence-electron chi connectivity index (χ1n) is 27.7. The van der Waals surface area contributed by atoms with E-state index in [1.165, 1.54) is 159 Å². The molecule has 15 aromatic rings. The van der Waals surface area contributed by atoms with Crippen LogP contribution in [0.3, 0.4) is 0 Å². The summed E-state index contributed by atoms with van der Waals surface area (Å²) in [6.45, 7) is 0. The average molecular weight is 1000 g/mol. The molecule has 0 saturated carbocycles. The molecule has 0 unspecified atom stereocenters. The molecule has 0 radical (unpaired) electrons. The lowest BCUT2D eigenvalue weighted by Crippen LogP contribution is -2.00. The number of para-hydroxylation sites is 1. The van der Waals surface area contributed by atoms with Gasteiger partial charge in [0.25, 0.3) is 0 Å². The van der Waals surface area contributed by atoms with E-state index in [4.69, 9.17) is 0 Å². The highest BCUT2D eigenvalue weighted by Crippen LogP contribution is 2.51. The van der Waals surface area contributed by atoms with Crippen molar-refractivity contribution in [3.8, 4) is 72.4 Å². The van der Waals surface area contributed by atoms with Crippen LogP contribution in [0.2, 0.25) is 0 Å². The smallest absolute Gasteiger partial charge is 0.0537 e. The highest BCUT2D eigenvalue weighted by atomic mass is 15.0. The van der Waals surface area contributed by atoms with Gasteiger partial charge in [0.1, 0.15) is 0 Å². The van der Waals surface area contributed by atoms with Gasteiger partial charge in [-0.2, -0.15) is 0 Å². The van der Waals surface area contributed by atoms with E-state index in [0.717, 1.165) is 12.8 Å². The Morgan fingerprint density at radius 3 is 1.03 bits per heavy atom. The second kappa shape index (κ2) is 18.3. The Bertz CT molecular complexity index is 4850. The van der Waals surface area contributed by atoms with Crippen LogP contribution in [0.25, 0.3) is 154 Å². The predicted molar refractivity (Wildman–Crippen MR) is 338 cm³/mol. The zero-order valence-electron chi connectivity index (χ0n) is 43.5. The van der Waals surface area contributed by atoms with E-state index in [0.29, 0.717) is 0 Å². The van der Waals surface area contributed by atoms with Crippen LogP contribution in [0.15, 0.2) is 279 Å². The first-order valence-corrected chi connectivity index (χ1v) is 27.7. The van der Waals surface area contributed by atoms with Gasteiger partial charge in [-0.05, 0) is 180 Å². The molecule has 1 aliphatic rings. The Balaban J connectivity index is 0.869. The van der Waals surface area contributed by atoms with Gasteiger partial charge in [0.05, 0.1) is 5.52 Å². The van der Waals surface area contributed by atoms with Gasteiger partial charge in [-0.15, -0.1) is 0 Å². The predicted octanol–water partition coefficient (Wildman–Crippen LogP) is 21.5. The standard InChI is InChI=1S/C78H51N/c1-3-21-50(22-4-1)55-45-48-69-70(49-55)76(51-23-5-2-6-24-51)60-28-8-7-27-59(60)75(69)53-41-39-52(40-42-53)73-61-29-9-13-33-65(61)77(66-34-14-10-30-62(66)73)78-67-35-15-11-31-63(67)74(64-32-12-16-36-68(64)78)54-43-46-56(47-44-54)79-71-37-19-17-25-57(71)58-26-18-20-38-72(58)79/h1-17,19-25,27-49H,18,26H2. The number of aryl methyl sites for hydroxylation is 1. The summed E-state index contributed by atoms with van der Waals surface area (Å²) in [5.74, 6) is 0. The highest BCUT2D eigenvalue weighted by Gasteiger charge is 2.24. The Hall–Kier alpha value is -10.1. The summed E-state index contributed by atoms with van der Waals surface area (Å²) >= 11 is 0. The molecule has 1 aliphatic carbocycles. The van der Waals surface area contributed by atoms with Crippen LogP contribution < -0.4 is 0 Å². The van der Waals surface area contributed by atoms with Crippen LogP contribution in [0, 0.1) is 0 Å². The normalized spacial score (nSPS) is 12.4. The van der Waals surface area contributed by atoms with Crippen molar-refractivity contribution in [3.63, 3.8) is 0 Å². The Kier molecular flexibility index (Phi) is 10.5. The molecule has 16 rings (SSSR count). The molecule has 1 heteroatoms. The average Bonchev–Trinajstić information content (AvgIpc) is 4.07. The summed E-state index contributed by atoms with van der Waals surface area (Å²) in [5.41, 5.74) is 20.0. The molecule has 0 fully saturated rings. The number of benzene rings is 14. The zero-order valence-corrected chi connectivity index (χ0v) is 43.5. The van der Waals surface area contributed by atoms with Crippen molar-refractivity contribution in [2.24, 2.45) is 0 Å². The molecule has 368 valence electrons. The molecular formula is C78H51N. The van der Waals surface area contributed by atoms with Gasteiger partial charge >= 0.3 is 0 Å². The van der Waals surface area contributed by atoms with Crippen LogP contribution in [0.1, 0.15) is 17.7 Å². The van der Waals surface area contributed by atoms with Gasteiger partial charge in [0.2, 0.25) is 0 Å². The minimum atomic E-state index is 1.07. The number of allylic oxidation sites excluding steroid dienone is 1. The molecule has 1 aromatic heterocycles. The van der Waals surface area contributed by atoms with Crippen LogP contribution in [0.5, 0.6) is 0 Å². The van der Waals surface area contributed by atoms with Crippen LogP contribution in [-0.2, 0) is 6.42 Å². The van der Waals surface area contributed by atoms with Crippen LogP contribution in [0.4, 0.5) is 0 Å². The van der Waals surface area contributed by atoms with E-state index < -0.39 is 0 Å². The van der Waals surface area contributed by atoms with Crippen molar-refractivity contribution in [1.82, 2.24) is 4.57 Å². The monoisotopic (exact) mass is 1000 g/mol. The molecule has 1 heterocycles. The summed E-state index contributed by atoms with van der Waals surface area (Å²) in [4.78, 5) is 0. The number of fused-ring (bicyclic) bond motifs is 9. The highest BCUT2D eigenvalue weighted by molar-refractivity contribution is 6.30. The maximum Gasteiger partial charge on any atom is 0.0537 e. The molecule has 0 N–H and O–H groups in total. The van der Waals surface area contributed by atoms with E-state index in [1.807, 2.05) is 0 Å². The summed E-state index contributed by atoms with van der Waals surface area (Å²) < 4.78 is 2.45. The summed E-state index contributed by atoms with van der Waals surface area (Å²) in [7, 11) is 0. The summed E-state index contributed by atoms with van der Waals surface area (Å²) in [6.07, 6.45) is 6.79. The summed E-state index contributed by atoms with van der Waals surface area (Å²) in [6, 6.07) is 102. The van der Waals surface area contributed by atoms with E-state index in [9.17, 15) is 0 Å². The fraction of sp³-hybridized carbons (Fsp3) is 0.0256. The number of rotatable bonds is 7. The molecule has 0 atom stereocenters. The van der Waals surface area contributed by atoms with Gasteiger partial charge < -0.3 is 4.57 Å². The Morgan fingerprint density at radius 1 is 0.241 bits per heavy atom. The maximum absolute atomic E-state index is 2.45. The Morgan fingerprint density at radius 2 is 0.570 bits per heavy atom. The van der Waals surface area contributed by atoms with Gasteiger partial charge in [0, 0.05) is 16.8 Å². The van der Waals surface area contributed by atoms with Gasteiger partial charge in [-0.1, -0.05) is 255 Å². The quantitative estimate of drug-likeness (QED) is 0.140. The van der Waals surface area contributed by atoms with E-state index in [2.05, 4.69) is 290 Å². The van der Waals surface area contributed by atoms with Crippen molar-refractivity contribution in [3.05, 3.63) is 290 Å². The first kappa shape index (κ1) is 45.1. The van der Waals surface area contributed by atoms with E-state index >= 15 is 0 Å². The second-order valence-corrected chi connectivity index (χ2v) is 21.3. The fourth-order valence-electron chi connectivity index (χ4n) is 13.7. The lowest BCUT2D eigenvalue weighted by molar-refractivity contribution is 0.967. The third-order valence-corrected chi connectivity index (χ3v) is 17.0. The van der Waals surface area contributed by atoms with E-state index in [1.54, 1.807) is 0 Å². The van der Waals surface area contributed by atoms with Crippen molar-refractivity contribution in [2.45, 2.75) is 12.8 Å². The van der Waals surface area contributed by atoms with E-state index in [-0.39, 0.29) is 0 Å². The number of nitrogens with zero attached hydrogens (tertiary/aromatic N) is 1. The molecular weight excluding hydrogens is 951 g/mol. The molecule has 0 aliphatic heterocycles. The molecule has 1 nitrogen and oxygen atoms in total. The zero-order chi connectivity index (χ0) is 52.0. The molecule has 14 aromatic carbocycles. The molecule has 0 spiro atoms. The minimum Gasteiger partial charge on any atom is -0.310 e. The SMILES string of the molecule is C1=Cc2c(c3ccccc3n2-c2ccc(-c3c4ccccc4c(-c4c5ccccc5c(-c5ccc(-c6c7ccccc7c(-c7ccccc7)c7cc(-c8ccccc8)ccc67)cc5)c5ccccc45)c4ccccc34)cc2)CC1. The fourth-order valence-corrected chi connectivity index (χ4v) is 13.7. The van der Waals surface area contributed by atoms with Crippen molar-refractivity contribution < 1.29 is 0 Å². The molecule has 0 saturated heterocycles. The van der Waals surface area contributed by atoms with Crippen molar-refractivity contribution >= 4 is 81.6 Å². The third kappa shape index (κ3) is 7.10. The van der Waals surface area contributed by atoms with Crippen LogP contribution >= 0.6 is 0 Å². The van der Waals surface area contributed by atoms with Gasteiger partial charge in [-0.25, -0.2) is 0 Å². The minimum absolute atomic E-state index is 1.07. The van der Waals surface area contributed by atoms with Crippen molar-refractivity contribution in [2.75, 3.05) is 0 Å². The largest absolute Gasteiger partial charge is 0.310 e. The van der Waals surface area contributed by atoms with Gasteiger partial charge in [-0.3, -0.25) is 0 Å². The second-order valence-electron chi connectivity index (χ2n) is 21.3. The molecule has 0 bridgehead atoms. The topological polar surface area (TPSA) is 4.93 Å². The Labute approximate surface area is 459 Å². The maximum atomic E-state index is 2.45. The lowest BCUT2D eigenvalue weighted by Gasteiger charge is -2.22.